The molecule has 5 heterocycles. The summed E-state index contributed by atoms with van der Waals surface area (Å²) < 4.78 is 7.50. The summed E-state index contributed by atoms with van der Waals surface area (Å²) in [6.45, 7) is 0. The summed E-state index contributed by atoms with van der Waals surface area (Å²) in [6, 6.07) is 48.4. The van der Waals surface area contributed by atoms with E-state index in [4.69, 9.17) is 9.97 Å². The van der Waals surface area contributed by atoms with Gasteiger partial charge in [0.1, 0.15) is 5.52 Å². The summed E-state index contributed by atoms with van der Waals surface area (Å²) >= 11 is 1.90. The standard InChI is InChI=1S/C42H22N4S/c1-2-13-26-25(12-1)40-36(37-28-15-5-10-20-35(28)47-41(26)37)27-14-4-9-19-34(27)45(40)23-21-29-24-11-3-8-18-33(24)46-39(29)30(22-23)38-42(46)44-32-17-7-6-16-31(32)43-38/h1-22H. The molecule has 7 aromatic carbocycles. The molecule has 0 aliphatic carbocycles. The Labute approximate surface area is 270 Å². The minimum absolute atomic E-state index is 0.904. The van der Waals surface area contributed by atoms with Gasteiger partial charge in [-0.05, 0) is 42.5 Å². The summed E-state index contributed by atoms with van der Waals surface area (Å²) in [5.74, 6) is 0. The van der Waals surface area contributed by atoms with Gasteiger partial charge < -0.3 is 4.57 Å². The summed E-state index contributed by atoms with van der Waals surface area (Å²) in [5.41, 5.74) is 9.58. The second-order valence-corrected chi connectivity index (χ2v) is 13.6. The van der Waals surface area contributed by atoms with Gasteiger partial charge in [-0.15, -0.1) is 11.3 Å². The van der Waals surface area contributed by atoms with Crippen LogP contribution >= 0.6 is 11.3 Å². The maximum atomic E-state index is 5.25. The summed E-state index contributed by atoms with van der Waals surface area (Å²) in [7, 11) is 0. The molecule has 4 nitrogen and oxygen atoms in total. The summed E-state index contributed by atoms with van der Waals surface area (Å²) in [6.07, 6.45) is 0. The Morgan fingerprint density at radius 3 is 1.96 bits per heavy atom. The van der Waals surface area contributed by atoms with Crippen molar-refractivity contribution in [1.29, 1.82) is 0 Å². The van der Waals surface area contributed by atoms with Gasteiger partial charge in [0, 0.05) is 63.6 Å². The molecule has 0 bridgehead atoms. The normalized spacial score (nSPS) is 12.7. The third-order valence-electron chi connectivity index (χ3n) is 10.2. The number of para-hydroxylation sites is 4. The molecule has 5 aromatic heterocycles. The van der Waals surface area contributed by atoms with Crippen LogP contribution in [-0.2, 0) is 0 Å². The van der Waals surface area contributed by atoms with Gasteiger partial charge in [-0.1, -0.05) is 91.0 Å². The molecule has 5 heteroatoms. The van der Waals surface area contributed by atoms with Gasteiger partial charge in [-0.3, -0.25) is 4.40 Å². The summed E-state index contributed by atoms with van der Waals surface area (Å²) in [4.78, 5) is 10.5. The lowest BCUT2D eigenvalue weighted by Gasteiger charge is -2.12. The minimum atomic E-state index is 0.904. The maximum Gasteiger partial charge on any atom is 0.165 e. The first kappa shape index (κ1) is 24.2. The average Bonchev–Trinajstić information content (AvgIpc) is 3.86. The zero-order valence-corrected chi connectivity index (χ0v) is 25.7. The first-order chi connectivity index (χ1) is 23.3. The van der Waals surface area contributed by atoms with Crippen molar-refractivity contribution in [1.82, 2.24) is 18.9 Å². The molecule has 12 aromatic rings. The van der Waals surface area contributed by atoms with E-state index < -0.39 is 0 Å². The largest absolute Gasteiger partial charge is 0.309 e. The number of hydrogen-bond donors (Lipinski definition) is 0. The van der Waals surface area contributed by atoms with Crippen LogP contribution in [0.3, 0.4) is 0 Å². The van der Waals surface area contributed by atoms with Crippen LogP contribution in [0.5, 0.6) is 0 Å². The van der Waals surface area contributed by atoms with E-state index in [1.807, 2.05) is 23.5 Å². The Bertz CT molecular complexity index is 3310. The Kier molecular flexibility index (Phi) is 4.33. The number of thiophene rings is 1. The van der Waals surface area contributed by atoms with Crippen LogP contribution < -0.4 is 0 Å². The van der Waals surface area contributed by atoms with Gasteiger partial charge in [0.15, 0.2) is 5.65 Å². The number of fused-ring (bicyclic) bond motifs is 17. The molecule has 0 atom stereocenters. The van der Waals surface area contributed by atoms with Gasteiger partial charge in [-0.25, -0.2) is 9.97 Å². The molecule has 0 N–H and O–H groups in total. The highest BCUT2D eigenvalue weighted by Crippen LogP contribution is 2.49. The molecule has 47 heavy (non-hydrogen) atoms. The molecule has 0 aliphatic rings. The van der Waals surface area contributed by atoms with Crippen LogP contribution in [0.4, 0.5) is 0 Å². The van der Waals surface area contributed by atoms with Crippen molar-refractivity contribution >= 4 is 113 Å². The van der Waals surface area contributed by atoms with Crippen LogP contribution in [0.25, 0.3) is 108 Å². The predicted molar refractivity (Wildman–Crippen MR) is 199 cm³/mol. The Morgan fingerprint density at radius 2 is 1.11 bits per heavy atom. The second kappa shape index (κ2) is 8.40. The molecular weight excluding hydrogens is 593 g/mol. The summed E-state index contributed by atoms with van der Waals surface area (Å²) in [5, 5.41) is 11.4. The fraction of sp³-hybridized carbons (Fsp3) is 0. The van der Waals surface area contributed by atoms with Crippen LogP contribution in [0.15, 0.2) is 133 Å². The molecule has 0 amide bonds. The molecule has 0 radical (unpaired) electrons. The van der Waals surface area contributed by atoms with Gasteiger partial charge in [0.2, 0.25) is 0 Å². The molecular formula is C42H22N4S. The van der Waals surface area contributed by atoms with Crippen molar-refractivity contribution in [3.8, 4) is 5.69 Å². The van der Waals surface area contributed by atoms with E-state index in [-0.39, 0.29) is 0 Å². The molecule has 12 rings (SSSR count). The lowest BCUT2D eigenvalue weighted by molar-refractivity contribution is 1.20. The maximum absolute atomic E-state index is 5.25. The van der Waals surface area contributed by atoms with Crippen LogP contribution in [0.2, 0.25) is 0 Å². The quantitative estimate of drug-likeness (QED) is 0.184. The molecule has 0 saturated carbocycles. The number of hydrogen-bond acceptors (Lipinski definition) is 3. The molecule has 0 aliphatic heterocycles. The molecule has 216 valence electrons. The Morgan fingerprint density at radius 1 is 0.468 bits per heavy atom. The van der Waals surface area contributed by atoms with Crippen LogP contribution in [0.1, 0.15) is 0 Å². The fourth-order valence-electron chi connectivity index (χ4n) is 8.33. The lowest BCUT2D eigenvalue weighted by atomic mass is 10.00. The monoisotopic (exact) mass is 614 g/mol. The smallest absolute Gasteiger partial charge is 0.165 e. The predicted octanol–water partition coefficient (Wildman–Crippen LogP) is 11.4. The van der Waals surface area contributed by atoms with Crippen molar-refractivity contribution in [3.05, 3.63) is 133 Å². The first-order valence-electron chi connectivity index (χ1n) is 15.9. The van der Waals surface area contributed by atoms with E-state index in [0.717, 1.165) is 38.8 Å². The van der Waals surface area contributed by atoms with E-state index in [1.54, 1.807) is 0 Å². The van der Waals surface area contributed by atoms with E-state index in [0.29, 0.717) is 0 Å². The van der Waals surface area contributed by atoms with Crippen LogP contribution in [0, 0.1) is 0 Å². The molecule has 0 saturated heterocycles. The Hall–Kier alpha value is -6.04. The average molecular weight is 615 g/mol. The van der Waals surface area contributed by atoms with Crippen molar-refractivity contribution in [3.63, 3.8) is 0 Å². The highest BCUT2D eigenvalue weighted by Gasteiger charge is 2.25. The first-order valence-corrected chi connectivity index (χ1v) is 16.8. The molecule has 0 fully saturated rings. The topological polar surface area (TPSA) is 35.1 Å². The zero-order chi connectivity index (χ0) is 30.4. The van der Waals surface area contributed by atoms with Gasteiger partial charge in [-0.2, -0.15) is 0 Å². The van der Waals surface area contributed by atoms with Crippen molar-refractivity contribution in [2.45, 2.75) is 0 Å². The highest BCUT2D eigenvalue weighted by molar-refractivity contribution is 7.27. The molecule has 0 unspecified atom stereocenters. The SMILES string of the molecule is c1ccc2nc3c(nc2c1)c1cc(-n2c4ccccc4c4c5c6ccccc6sc5c5ccccc5c42)cc2c4ccccc4n3c21. The van der Waals surface area contributed by atoms with E-state index >= 15 is 0 Å². The van der Waals surface area contributed by atoms with Crippen molar-refractivity contribution in [2.24, 2.45) is 0 Å². The number of benzene rings is 7. The van der Waals surface area contributed by atoms with E-state index in [9.17, 15) is 0 Å². The fourth-order valence-corrected chi connectivity index (χ4v) is 9.57. The minimum Gasteiger partial charge on any atom is -0.309 e. The number of rotatable bonds is 1. The zero-order valence-electron chi connectivity index (χ0n) is 24.9. The van der Waals surface area contributed by atoms with Gasteiger partial charge in [0.05, 0.1) is 33.1 Å². The number of nitrogens with zero attached hydrogens (tertiary/aromatic N) is 4. The highest BCUT2D eigenvalue weighted by atomic mass is 32.1. The third-order valence-corrected chi connectivity index (χ3v) is 11.4. The van der Waals surface area contributed by atoms with Crippen molar-refractivity contribution < 1.29 is 0 Å². The Balaban J connectivity index is 1.35. The van der Waals surface area contributed by atoms with Crippen molar-refractivity contribution in [2.75, 3.05) is 0 Å². The van der Waals surface area contributed by atoms with Gasteiger partial charge >= 0.3 is 0 Å². The van der Waals surface area contributed by atoms with E-state index in [2.05, 4.69) is 130 Å². The van der Waals surface area contributed by atoms with Crippen LogP contribution in [-0.4, -0.2) is 18.9 Å². The number of aromatic nitrogens is 4. The van der Waals surface area contributed by atoms with E-state index in [1.165, 1.54) is 69.0 Å². The van der Waals surface area contributed by atoms with Gasteiger partial charge in [0.25, 0.3) is 0 Å². The third kappa shape index (κ3) is 2.90. The molecule has 0 spiro atoms. The second-order valence-electron chi connectivity index (χ2n) is 12.6. The lowest BCUT2D eigenvalue weighted by Crippen LogP contribution is -1.95.